The van der Waals surface area contributed by atoms with Gasteiger partial charge in [-0.3, -0.25) is 9.59 Å². The predicted molar refractivity (Wildman–Crippen MR) is 109 cm³/mol. The van der Waals surface area contributed by atoms with E-state index in [0.717, 1.165) is 18.7 Å². The van der Waals surface area contributed by atoms with Crippen molar-refractivity contribution in [1.82, 2.24) is 0 Å². The second kappa shape index (κ2) is 10.5. The number of esters is 1. The molecule has 3 rings (SSSR count). The molecule has 6 heteroatoms. The van der Waals surface area contributed by atoms with Crippen LogP contribution in [0.4, 0.5) is 4.39 Å². The van der Waals surface area contributed by atoms with Crippen molar-refractivity contribution in [2.45, 2.75) is 25.2 Å². The summed E-state index contributed by atoms with van der Waals surface area (Å²) in [6.45, 7) is 8.11. The molecule has 0 saturated carbocycles. The van der Waals surface area contributed by atoms with E-state index in [9.17, 15) is 14.0 Å². The number of piperidine rings is 1. The van der Waals surface area contributed by atoms with Crippen molar-refractivity contribution in [3.05, 3.63) is 83.7 Å². The quantitative estimate of drug-likeness (QED) is 0.373. The molecule has 4 nitrogen and oxygen atoms in total. The van der Waals surface area contributed by atoms with Gasteiger partial charge in [-0.25, -0.2) is 4.39 Å². The number of carbonyl (C=O) groups is 2. The number of halogens is 2. The highest BCUT2D eigenvalue weighted by molar-refractivity contribution is 6.08. The largest absolute Gasteiger partial charge is 1.00 e. The molecule has 2 aromatic carbocycles. The van der Waals surface area contributed by atoms with Gasteiger partial charge in [0.05, 0.1) is 19.7 Å². The van der Waals surface area contributed by atoms with E-state index in [2.05, 4.69) is 6.58 Å². The molecular formula is C24H27ClFNO3. The molecule has 1 saturated heterocycles. The lowest BCUT2D eigenvalue weighted by molar-refractivity contribution is -0.901. The fourth-order valence-corrected chi connectivity index (χ4v) is 4.03. The molecule has 1 aliphatic heterocycles. The third-order valence-electron chi connectivity index (χ3n) is 5.69. The molecule has 1 fully saturated rings. The molecule has 0 unspecified atom stereocenters. The lowest BCUT2D eigenvalue weighted by atomic mass is 9.72. The zero-order valence-corrected chi connectivity index (χ0v) is 17.9. The van der Waals surface area contributed by atoms with E-state index in [0.29, 0.717) is 37.1 Å². The third kappa shape index (κ3) is 5.15. The van der Waals surface area contributed by atoms with E-state index < -0.39 is 5.41 Å². The lowest BCUT2D eigenvalue weighted by Crippen LogP contribution is -3.13. The van der Waals surface area contributed by atoms with Crippen LogP contribution in [0.2, 0.25) is 0 Å². The number of ether oxygens (including phenoxy) is 1. The Morgan fingerprint density at radius 2 is 1.67 bits per heavy atom. The highest BCUT2D eigenvalue weighted by atomic mass is 35.5. The fraction of sp³-hybridized carbons (Fsp3) is 0.333. The SMILES string of the molecule is C=C(C[NH+]1CCC(C(=O)OCC)(c2ccccc2)CC1)C(=O)c1ccc(F)cc1.[Cl-]. The number of carbonyl (C=O) groups excluding carboxylic acids is 2. The van der Waals surface area contributed by atoms with Crippen LogP contribution >= 0.6 is 0 Å². The van der Waals surface area contributed by atoms with Gasteiger partial charge in [-0.1, -0.05) is 36.9 Å². The van der Waals surface area contributed by atoms with Crippen molar-refractivity contribution in [1.29, 1.82) is 0 Å². The van der Waals surface area contributed by atoms with Gasteiger partial charge in [-0.2, -0.15) is 0 Å². The third-order valence-corrected chi connectivity index (χ3v) is 5.69. The van der Waals surface area contributed by atoms with E-state index in [1.807, 2.05) is 37.3 Å². The molecule has 0 amide bonds. The molecule has 1 N–H and O–H groups in total. The molecule has 0 aliphatic carbocycles. The Hall–Kier alpha value is -2.50. The van der Waals surface area contributed by atoms with Crippen LogP contribution in [0, 0.1) is 5.82 Å². The maximum atomic E-state index is 13.1. The molecular weight excluding hydrogens is 405 g/mol. The number of hydrogen-bond donors (Lipinski definition) is 1. The van der Waals surface area contributed by atoms with Gasteiger partial charge in [0.25, 0.3) is 0 Å². The van der Waals surface area contributed by atoms with Crippen molar-refractivity contribution < 1.29 is 36.0 Å². The van der Waals surface area contributed by atoms with E-state index in [1.165, 1.54) is 29.2 Å². The monoisotopic (exact) mass is 431 g/mol. The lowest BCUT2D eigenvalue weighted by Gasteiger charge is -2.38. The summed E-state index contributed by atoms with van der Waals surface area (Å²) in [7, 11) is 0. The first-order chi connectivity index (χ1) is 14.0. The molecule has 30 heavy (non-hydrogen) atoms. The summed E-state index contributed by atoms with van der Waals surface area (Å²) >= 11 is 0. The molecule has 0 spiro atoms. The summed E-state index contributed by atoms with van der Waals surface area (Å²) in [4.78, 5) is 26.6. The predicted octanol–water partition coefficient (Wildman–Crippen LogP) is -0.252. The Balaban J connectivity index is 0.00000320. The van der Waals surface area contributed by atoms with E-state index >= 15 is 0 Å². The molecule has 2 aromatic rings. The van der Waals surface area contributed by atoms with Crippen LogP contribution in [0.25, 0.3) is 0 Å². The molecule has 0 bridgehead atoms. The Morgan fingerprint density at radius 1 is 1.07 bits per heavy atom. The highest BCUT2D eigenvalue weighted by Crippen LogP contribution is 2.34. The van der Waals surface area contributed by atoms with Gasteiger partial charge in [0.15, 0.2) is 5.78 Å². The number of ketones is 1. The summed E-state index contributed by atoms with van der Waals surface area (Å²) in [6.07, 6.45) is 1.31. The average molecular weight is 432 g/mol. The topological polar surface area (TPSA) is 47.8 Å². The van der Waals surface area contributed by atoms with Crippen LogP contribution in [-0.2, 0) is 14.9 Å². The first-order valence-corrected chi connectivity index (χ1v) is 10.0. The summed E-state index contributed by atoms with van der Waals surface area (Å²) < 4.78 is 18.5. The van der Waals surface area contributed by atoms with Gasteiger partial charge in [0.1, 0.15) is 17.8 Å². The van der Waals surface area contributed by atoms with Gasteiger partial charge in [0.2, 0.25) is 0 Å². The van der Waals surface area contributed by atoms with E-state index in [1.54, 1.807) is 0 Å². The van der Waals surface area contributed by atoms with E-state index in [-0.39, 0.29) is 30.0 Å². The Kier molecular flexibility index (Phi) is 8.33. The summed E-state index contributed by atoms with van der Waals surface area (Å²) in [5.41, 5.74) is 1.29. The summed E-state index contributed by atoms with van der Waals surface area (Å²) in [5, 5.41) is 0. The van der Waals surface area contributed by atoms with Gasteiger partial charge in [-0.05, 0) is 36.8 Å². The van der Waals surface area contributed by atoms with Gasteiger partial charge < -0.3 is 22.0 Å². The van der Waals surface area contributed by atoms with Crippen molar-refractivity contribution in [2.24, 2.45) is 0 Å². The minimum Gasteiger partial charge on any atom is -1.00 e. The van der Waals surface area contributed by atoms with Crippen LogP contribution in [0.15, 0.2) is 66.7 Å². The second-order valence-corrected chi connectivity index (χ2v) is 7.53. The molecule has 1 aliphatic rings. The minimum absolute atomic E-state index is 0. The van der Waals surface area contributed by atoms with Crippen LogP contribution in [0.1, 0.15) is 35.7 Å². The second-order valence-electron chi connectivity index (χ2n) is 7.53. The summed E-state index contributed by atoms with van der Waals surface area (Å²) in [5.74, 6) is -0.709. The first-order valence-electron chi connectivity index (χ1n) is 10.0. The van der Waals surface area contributed by atoms with Crippen molar-refractivity contribution in [3.8, 4) is 0 Å². The van der Waals surface area contributed by atoms with Crippen molar-refractivity contribution in [3.63, 3.8) is 0 Å². The standard InChI is InChI=1S/C24H26FNO3.ClH/c1-3-29-23(28)24(20-7-5-4-6-8-20)13-15-26(16-14-24)17-18(2)22(27)19-9-11-21(25)12-10-19;/h4-12H,2-3,13-17H2,1H3;1H. The zero-order chi connectivity index (χ0) is 20.9. The molecule has 1 heterocycles. The van der Waals surface area contributed by atoms with E-state index in [4.69, 9.17) is 4.74 Å². The first kappa shape index (κ1) is 23.8. The fourth-order valence-electron chi connectivity index (χ4n) is 4.03. The smallest absolute Gasteiger partial charge is 0.317 e. The van der Waals surface area contributed by atoms with Crippen LogP contribution < -0.4 is 17.3 Å². The molecule has 160 valence electrons. The highest BCUT2D eigenvalue weighted by Gasteiger charge is 2.46. The van der Waals surface area contributed by atoms with Crippen LogP contribution in [-0.4, -0.2) is 38.0 Å². The minimum atomic E-state index is -0.636. The number of benzene rings is 2. The average Bonchev–Trinajstić information content (AvgIpc) is 2.75. The number of quaternary nitrogens is 1. The van der Waals surface area contributed by atoms with Crippen LogP contribution in [0.5, 0.6) is 0 Å². The van der Waals surface area contributed by atoms with Crippen molar-refractivity contribution >= 4 is 11.8 Å². The number of hydrogen-bond acceptors (Lipinski definition) is 3. The number of rotatable bonds is 7. The van der Waals surface area contributed by atoms with Crippen molar-refractivity contribution in [2.75, 3.05) is 26.2 Å². The van der Waals surface area contributed by atoms with Gasteiger partial charge in [-0.15, -0.1) is 0 Å². The molecule has 0 aromatic heterocycles. The van der Waals surface area contributed by atoms with Gasteiger partial charge in [0, 0.05) is 24.0 Å². The normalized spacial score (nSPS) is 20.7. The Morgan fingerprint density at radius 3 is 2.23 bits per heavy atom. The summed E-state index contributed by atoms with van der Waals surface area (Å²) in [6, 6.07) is 15.3. The van der Waals surface area contributed by atoms with Crippen LogP contribution in [0.3, 0.4) is 0 Å². The van der Waals surface area contributed by atoms with Gasteiger partial charge >= 0.3 is 5.97 Å². The number of Topliss-reactive ketones (excluding diaryl/α,β-unsaturated/α-hetero) is 1. The Labute approximate surface area is 183 Å². The maximum Gasteiger partial charge on any atom is 0.317 e. The number of likely N-dealkylation sites (tertiary alicyclic amines) is 1. The zero-order valence-electron chi connectivity index (χ0n) is 17.1. The molecule has 0 radical (unpaired) electrons. The Bertz CT molecular complexity index is 875. The number of nitrogens with one attached hydrogen (secondary N) is 1. The maximum absolute atomic E-state index is 13.1. The molecule has 0 atom stereocenters.